The second kappa shape index (κ2) is 7.09. The predicted octanol–water partition coefficient (Wildman–Crippen LogP) is 2.83. The summed E-state index contributed by atoms with van der Waals surface area (Å²) in [6.45, 7) is 3.42. The van der Waals surface area contributed by atoms with Crippen LogP contribution < -0.4 is 5.32 Å². The van der Waals surface area contributed by atoms with Crippen molar-refractivity contribution in [1.82, 2.24) is 5.32 Å². The van der Waals surface area contributed by atoms with E-state index >= 15 is 0 Å². The summed E-state index contributed by atoms with van der Waals surface area (Å²) in [5, 5.41) is 3.12. The van der Waals surface area contributed by atoms with Crippen LogP contribution in [-0.4, -0.2) is 30.5 Å². The molecule has 3 nitrogen and oxygen atoms in total. The molecule has 1 saturated heterocycles. The number of hydrogen-bond donors (Lipinski definition) is 1. The van der Waals surface area contributed by atoms with Gasteiger partial charge < -0.3 is 10.1 Å². The SMILES string of the molecule is Cc1ccccc1CCC(=O)NC1(CCl)CCOCC1. The summed E-state index contributed by atoms with van der Waals surface area (Å²) in [4.78, 5) is 12.1. The van der Waals surface area contributed by atoms with Crippen LogP contribution in [0.2, 0.25) is 0 Å². The van der Waals surface area contributed by atoms with Gasteiger partial charge >= 0.3 is 0 Å². The number of aryl methyl sites for hydroxylation is 2. The molecule has 1 fully saturated rings. The number of halogens is 1. The van der Waals surface area contributed by atoms with Gasteiger partial charge in [0, 0.05) is 25.5 Å². The lowest BCUT2D eigenvalue weighted by Crippen LogP contribution is -2.53. The molecule has 1 heterocycles. The minimum Gasteiger partial charge on any atom is -0.381 e. The van der Waals surface area contributed by atoms with Crippen LogP contribution in [0.1, 0.15) is 30.4 Å². The average molecular weight is 296 g/mol. The molecule has 4 heteroatoms. The Balaban J connectivity index is 1.87. The number of rotatable bonds is 5. The van der Waals surface area contributed by atoms with Crippen molar-refractivity contribution in [3.05, 3.63) is 35.4 Å². The molecule has 1 amide bonds. The van der Waals surface area contributed by atoms with Gasteiger partial charge in [0.2, 0.25) is 5.91 Å². The van der Waals surface area contributed by atoms with Crippen molar-refractivity contribution >= 4 is 17.5 Å². The number of alkyl halides is 1. The molecule has 0 atom stereocenters. The van der Waals surface area contributed by atoms with Crippen LogP contribution in [0.3, 0.4) is 0 Å². The van der Waals surface area contributed by atoms with E-state index < -0.39 is 0 Å². The highest BCUT2D eigenvalue weighted by molar-refractivity contribution is 6.18. The third kappa shape index (κ3) is 3.97. The first kappa shape index (κ1) is 15.3. The maximum atomic E-state index is 12.1. The van der Waals surface area contributed by atoms with Crippen molar-refractivity contribution in [2.45, 2.75) is 38.1 Å². The standard InChI is InChI=1S/C16H22ClNO2/c1-13-4-2-3-5-14(13)6-7-15(19)18-16(12-17)8-10-20-11-9-16/h2-5H,6-12H2,1H3,(H,18,19). The fourth-order valence-electron chi connectivity index (χ4n) is 2.55. The quantitative estimate of drug-likeness (QED) is 0.848. The van der Waals surface area contributed by atoms with Gasteiger partial charge in [-0.15, -0.1) is 11.6 Å². The average Bonchev–Trinajstić information content (AvgIpc) is 2.47. The molecule has 110 valence electrons. The Morgan fingerprint density at radius 3 is 2.70 bits per heavy atom. The summed E-state index contributed by atoms with van der Waals surface area (Å²) in [6.07, 6.45) is 2.87. The topological polar surface area (TPSA) is 38.3 Å². The number of nitrogens with one attached hydrogen (secondary N) is 1. The van der Waals surface area contributed by atoms with Gasteiger partial charge in [0.05, 0.1) is 5.54 Å². The molecule has 1 aliphatic heterocycles. The largest absolute Gasteiger partial charge is 0.381 e. The molecule has 1 aromatic rings. The lowest BCUT2D eigenvalue weighted by Gasteiger charge is -2.36. The summed E-state index contributed by atoms with van der Waals surface area (Å²) >= 11 is 6.05. The van der Waals surface area contributed by atoms with Crippen LogP contribution in [0.15, 0.2) is 24.3 Å². The zero-order valence-electron chi connectivity index (χ0n) is 12.0. The Morgan fingerprint density at radius 1 is 1.35 bits per heavy atom. The molecule has 20 heavy (non-hydrogen) atoms. The fourth-order valence-corrected chi connectivity index (χ4v) is 2.89. The van der Waals surface area contributed by atoms with Gasteiger partial charge in [-0.2, -0.15) is 0 Å². The van der Waals surface area contributed by atoms with E-state index in [2.05, 4.69) is 24.4 Å². The van der Waals surface area contributed by atoms with Crippen LogP contribution in [0.5, 0.6) is 0 Å². The molecule has 1 N–H and O–H groups in total. The van der Waals surface area contributed by atoms with E-state index in [0.717, 1.165) is 19.3 Å². The molecule has 2 rings (SSSR count). The number of amides is 1. The van der Waals surface area contributed by atoms with Crippen LogP contribution in [0.4, 0.5) is 0 Å². The Morgan fingerprint density at radius 2 is 2.05 bits per heavy atom. The summed E-state index contributed by atoms with van der Waals surface area (Å²) in [7, 11) is 0. The first-order valence-electron chi connectivity index (χ1n) is 7.14. The number of carbonyl (C=O) groups excluding carboxylic acids is 1. The third-order valence-corrected chi connectivity index (χ3v) is 4.50. The van der Waals surface area contributed by atoms with E-state index in [0.29, 0.717) is 25.5 Å². The number of benzene rings is 1. The predicted molar refractivity (Wildman–Crippen MR) is 81.1 cm³/mol. The smallest absolute Gasteiger partial charge is 0.220 e. The Labute approximate surface area is 125 Å². The zero-order chi connectivity index (χ0) is 14.4. The van der Waals surface area contributed by atoms with Gasteiger partial charge in [-0.3, -0.25) is 4.79 Å². The van der Waals surface area contributed by atoms with Crippen molar-refractivity contribution in [3.63, 3.8) is 0 Å². The van der Waals surface area contributed by atoms with Gasteiger partial charge in [0.1, 0.15) is 0 Å². The zero-order valence-corrected chi connectivity index (χ0v) is 12.7. The highest BCUT2D eigenvalue weighted by Crippen LogP contribution is 2.22. The minimum atomic E-state index is -0.275. The first-order valence-corrected chi connectivity index (χ1v) is 7.68. The highest BCUT2D eigenvalue weighted by Gasteiger charge is 2.33. The fraction of sp³-hybridized carbons (Fsp3) is 0.562. The molecule has 0 bridgehead atoms. The molecular weight excluding hydrogens is 274 g/mol. The molecule has 0 aromatic heterocycles. The Kier molecular flexibility index (Phi) is 5.44. The van der Waals surface area contributed by atoms with Crippen molar-refractivity contribution in [1.29, 1.82) is 0 Å². The van der Waals surface area contributed by atoms with Crippen LogP contribution in [-0.2, 0) is 16.0 Å². The molecular formula is C16H22ClNO2. The Hall–Kier alpha value is -1.06. The van der Waals surface area contributed by atoms with Gasteiger partial charge in [-0.1, -0.05) is 24.3 Å². The van der Waals surface area contributed by atoms with E-state index in [4.69, 9.17) is 16.3 Å². The van der Waals surface area contributed by atoms with Gasteiger partial charge in [0.25, 0.3) is 0 Å². The lowest BCUT2D eigenvalue weighted by molar-refractivity contribution is -0.123. The summed E-state index contributed by atoms with van der Waals surface area (Å²) in [5.41, 5.74) is 2.19. The third-order valence-electron chi connectivity index (χ3n) is 3.99. The van der Waals surface area contributed by atoms with E-state index in [1.54, 1.807) is 0 Å². The maximum Gasteiger partial charge on any atom is 0.220 e. The van der Waals surface area contributed by atoms with Gasteiger partial charge in [-0.25, -0.2) is 0 Å². The molecule has 0 unspecified atom stereocenters. The molecule has 0 radical (unpaired) electrons. The number of ether oxygens (including phenoxy) is 1. The van der Waals surface area contributed by atoms with E-state index in [1.807, 2.05) is 12.1 Å². The Bertz CT molecular complexity index is 456. The monoisotopic (exact) mass is 295 g/mol. The van der Waals surface area contributed by atoms with Crippen LogP contribution in [0.25, 0.3) is 0 Å². The molecule has 0 spiro atoms. The summed E-state index contributed by atoms with van der Waals surface area (Å²) in [6, 6.07) is 8.18. The van der Waals surface area contributed by atoms with Crippen LogP contribution >= 0.6 is 11.6 Å². The van der Waals surface area contributed by atoms with Crippen molar-refractivity contribution < 1.29 is 9.53 Å². The van der Waals surface area contributed by atoms with E-state index in [1.165, 1.54) is 11.1 Å². The van der Waals surface area contributed by atoms with Crippen molar-refractivity contribution in [3.8, 4) is 0 Å². The van der Waals surface area contributed by atoms with E-state index in [9.17, 15) is 4.79 Å². The first-order chi connectivity index (χ1) is 9.65. The lowest BCUT2D eigenvalue weighted by atomic mass is 9.92. The molecule has 0 aliphatic carbocycles. The number of hydrogen-bond acceptors (Lipinski definition) is 2. The second-order valence-electron chi connectivity index (χ2n) is 5.50. The normalized spacial score (nSPS) is 17.7. The molecule has 1 aromatic carbocycles. The highest BCUT2D eigenvalue weighted by atomic mass is 35.5. The molecule has 0 saturated carbocycles. The van der Waals surface area contributed by atoms with Gasteiger partial charge in [-0.05, 0) is 37.3 Å². The second-order valence-corrected chi connectivity index (χ2v) is 5.77. The number of carbonyl (C=O) groups is 1. The van der Waals surface area contributed by atoms with Crippen molar-refractivity contribution in [2.24, 2.45) is 0 Å². The van der Waals surface area contributed by atoms with E-state index in [-0.39, 0.29) is 11.4 Å². The van der Waals surface area contributed by atoms with Gasteiger partial charge in [0.15, 0.2) is 0 Å². The summed E-state index contributed by atoms with van der Waals surface area (Å²) < 4.78 is 5.34. The molecule has 1 aliphatic rings. The summed E-state index contributed by atoms with van der Waals surface area (Å²) in [5.74, 6) is 0.530. The minimum absolute atomic E-state index is 0.0794. The van der Waals surface area contributed by atoms with Crippen molar-refractivity contribution in [2.75, 3.05) is 19.1 Å². The van der Waals surface area contributed by atoms with Crippen LogP contribution in [0, 0.1) is 6.92 Å². The maximum absolute atomic E-state index is 12.1.